The van der Waals surface area contributed by atoms with Crippen molar-refractivity contribution >= 4 is 0 Å². The van der Waals surface area contributed by atoms with E-state index in [1.165, 1.54) is 0 Å². The Kier molecular flexibility index (Phi) is 2.56. The first-order chi connectivity index (χ1) is 6.83. The molecule has 1 aromatic rings. The zero-order valence-electron chi connectivity index (χ0n) is 8.03. The van der Waals surface area contributed by atoms with Gasteiger partial charge in [-0.1, -0.05) is 0 Å². The third-order valence-corrected chi connectivity index (χ3v) is 2.29. The summed E-state index contributed by atoms with van der Waals surface area (Å²) in [4.78, 5) is 4.56. The molecule has 0 amide bonds. The number of ether oxygens (including phenoxy) is 2. The van der Waals surface area contributed by atoms with Crippen LogP contribution in [0.4, 0.5) is 0 Å². The number of fused-ring (bicyclic) bond motifs is 1. The van der Waals surface area contributed by atoms with Gasteiger partial charge in [-0.25, -0.2) is 5.90 Å². The zero-order chi connectivity index (χ0) is 9.97. The molecule has 1 heterocycles. The van der Waals surface area contributed by atoms with Crippen molar-refractivity contribution in [3.63, 3.8) is 0 Å². The van der Waals surface area contributed by atoms with Crippen LogP contribution in [0.15, 0.2) is 18.2 Å². The van der Waals surface area contributed by atoms with Crippen molar-refractivity contribution in [2.45, 2.75) is 12.5 Å². The van der Waals surface area contributed by atoms with E-state index >= 15 is 0 Å². The van der Waals surface area contributed by atoms with Crippen LogP contribution < -0.4 is 15.4 Å². The second-order valence-corrected chi connectivity index (χ2v) is 3.25. The highest BCUT2D eigenvalue weighted by Crippen LogP contribution is 2.31. The monoisotopic (exact) mass is 195 g/mol. The smallest absolute Gasteiger partial charge is 0.128 e. The number of methoxy groups -OCH3 is 1. The fourth-order valence-electron chi connectivity index (χ4n) is 1.62. The van der Waals surface area contributed by atoms with Crippen molar-refractivity contribution in [3.05, 3.63) is 23.8 Å². The average molecular weight is 195 g/mol. The lowest BCUT2D eigenvalue weighted by Gasteiger charge is -2.07. The first kappa shape index (κ1) is 9.30. The van der Waals surface area contributed by atoms with Crippen LogP contribution in [0.5, 0.6) is 11.5 Å². The maximum Gasteiger partial charge on any atom is 0.128 e. The molecule has 0 aliphatic carbocycles. The first-order valence-electron chi connectivity index (χ1n) is 4.48. The Morgan fingerprint density at radius 1 is 1.57 bits per heavy atom. The molecule has 0 saturated heterocycles. The van der Waals surface area contributed by atoms with Crippen molar-refractivity contribution in [3.8, 4) is 11.5 Å². The summed E-state index contributed by atoms with van der Waals surface area (Å²) in [5, 5.41) is 0. The van der Waals surface area contributed by atoms with E-state index in [0.717, 1.165) is 23.5 Å². The highest BCUT2D eigenvalue weighted by atomic mass is 16.6. The van der Waals surface area contributed by atoms with E-state index in [9.17, 15) is 0 Å². The SMILES string of the molecule is COc1ccc2c(c1)CC(CON)O2. The van der Waals surface area contributed by atoms with Gasteiger partial charge in [0.15, 0.2) is 0 Å². The molecule has 1 atom stereocenters. The molecule has 0 fully saturated rings. The minimum absolute atomic E-state index is 0.0297. The van der Waals surface area contributed by atoms with Gasteiger partial charge >= 0.3 is 0 Å². The molecular formula is C10H13NO3. The summed E-state index contributed by atoms with van der Waals surface area (Å²) in [6.45, 7) is 0.414. The topological polar surface area (TPSA) is 53.7 Å². The van der Waals surface area contributed by atoms with Gasteiger partial charge in [0.1, 0.15) is 24.2 Å². The van der Waals surface area contributed by atoms with Crippen LogP contribution in [-0.4, -0.2) is 19.8 Å². The van der Waals surface area contributed by atoms with Crippen LogP contribution in [0.1, 0.15) is 5.56 Å². The number of nitrogens with two attached hydrogens (primary N) is 1. The van der Waals surface area contributed by atoms with Gasteiger partial charge in [-0.05, 0) is 18.2 Å². The van der Waals surface area contributed by atoms with Gasteiger partial charge in [0, 0.05) is 12.0 Å². The number of hydrogen-bond donors (Lipinski definition) is 1. The zero-order valence-corrected chi connectivity index (χ0v) is 8.03. The second-order valence-electron chi connectivity index (χ2n) is 3.25. The highest BCUT2D eigenvalue weighted by molar-refractivity contribution is 5.43. The summed E-state index contributed by atoms with van der Waals surface area (Å²) in [5.74, 6) is 6.74. The summed E-state index contributed by atoms with van der Waals surface area (Å²) in [5.41, 5.74) is 1.14. The minimum Gasteiger partial charge on any atom is -0.497 e. The fourth-order valence-corrected chi connectivity index (χ4v) is 1.62. The standard InChI is InChI=1S/C10H13NO3/c1-12-8-2-3-10-7(4-8)5-9(14-10)6-13-11/h2-4,9H,5-6,11H2,1H3. The molecule has 2 N–H and O–H groups in total. The maximum atomic E-state index is 5.59. The second kappa shape index (κ2) is 3.86. The predicted octanol–water partition coefficient (Wildman–Crippen LogP) is 0.889. The molecule has 4 heteroatoms. The molecular weight excluding hydrogens is 182 g/mol. The molecule has 0 saturated carbocycles. The van der Waals surface area contributed by atoms with Gasteiger partial charge in [-0.15, -0.1) is 0 Å². The lowest BCUT2D eigenvalue weighted by Crippen LogP contribution is -2.22. The largest absolute Gasteiger partial charge is 0.497 e. The van der Waals surface area contributed by atoms with Crippen LogP contribution in [0, 0.1) is 0 Å². The van der Waals surface area contributed by atoms with Crippen molar-refractivity contribution in [1.82, 2.24) is 0 Å². The number of rotatable bonds is 3. The summed E-state index contributed by atoms with van der Waals surface area (Å²) in [6.07, 6.45) is 0.853. The molecule has 0 radical (unpaired) electrons. The van der Waals surface area contributed by atoms with Crippen LogP contribution in [0.25, 0.3) is 0 Å². The maximum absolute atomic E-state index is 5.59. The van der Waals surface area contributed by atoms with Crippen LogP contribution in [-0.2, 0) is 11.3 Å². The Morgan fingerprint density at radius 3 is 3.14 bits per heavy atom. The quantitative estimate of drug-likeness (QED) is 0.728. The number of benzene rings is 1. The molecule has 4 nitrogen and oxygen atoms in total. The van der Waals surface area contributed by atoms with Gasteiger partial charge < -0.3 is 14.3 Å². The predicted molar refractivity (Wildman–Crippen MR) is 51.3 cm³/mol. The van der Waals surface area contributed by atoms with Gasteiger partial charge in [0.25, 0.3) is 0 Å². The van der Waals surface area contributed by atoms with Gasteiger partial charge in [0.05, 0.1) is 7.11 Å². The first-order valence-corrected chi connectivity index (χ1v) is 4.48. The van der Waals surface area contributed by atoms with Crippen LogP contribution >= 0.6 is 0 Å². The normalized spacial score (nSPS) is 18.9. The molecule has 14 heavy (non-hydrogen) atoms. The van der Waals surface area contributed by atoms with E-state index in [2.05, 4.69) is 4.84 Å². The lowest BCUT2D eigenvalue weighted by atomic mass is 10.1. The third-order valence-electron chi connectivity index (χ3n) is 2.29. The number of hydrogen-bond acceptors (Lipinski definition) is 4. The van der Waals surface area contributed by atoms with E-state index < -0.39 is 0 Å². The van der Waals surface area contributed by atoms with E-state index in [-0.39, 0.29) is 6.10 Å². The molecule has 0 spiro atoms. The van der Waals surface area contributed by atoms with Crippen molar-refractivity contribution in [2.75, 3.05) is 13.7 Å². The van der Waals surface area contributed by atoms with Gasteiger partial charge in [0.2, 0.25) is 0 Å². The van der Waals surface area contributed by atoms with E-state index in [1.54, 1.807) is 7.11 Å². The molecule has 2 rings (SSSR count). The molecule has 1 aliphatic heterocycles. The van der Waals surface area contributed by atoms with Crippen LogP contribution in [0.2, 0.25) is 0 Å². The highest BCUT2D eigenvalue weighted by Gasteiger charge is 2.23. The van der Waals surface area contributed by atoms with Gasteiger partial charge in [-0.3, -0.25) is 0 Å². The Labute approximate surface area is 82.5 Å². The summed E-state index contributed by atoms with van der Waals surface area (Å²) < 4.78 is 10.7. The molecule has 0 aromatic heterocycles. The molecule has 76 valence electrons. The Morgan fingerprint density at radius 2 is 2.43 bits per heavy atom. The Bertz CT molecular complexity index is 327. The molecule has 0 bridgehead atoms. The molecule has 1 aliphatic rings. The minimum atomic E-state index is 0.0297. The van der Waals surface area contributed by atoms with Gasteiger partial charge in [-0.2, -0.15) is 0 Å². The Hall–Kier alpha value is -1.26. The molecule has 1 aromatic carbocycles. The van der Waals surface area contributed by atoms with Crippen molar-refractivity contribution in [2.24, 2.45) is 5.90 Å². The third kappa shape index (κ3) is 1.66. The lowest BCUT2D eigenvalue weighted by molar-refractivity contribution is 0.0609. The van der Waals surface area contributed by atoms with E-state index in [1.807, 2.05) is 18.2 Å². The van der Waals surface area contributed by atoms with Crippen LogP contribution in [0.3, 0.4) is 0 Å². The fraction of sp³-hybridized carbons (Fsp3) is 0.400. The van der Waals surface area contributed by atoms with E-state index in [4.69, 9.17) is 15.4 Å². The van der Waals surface area contributed by atoms with Crippen molar-refractivity contribution < 1.29 is 14.3 Å². The summed E-state index contributed by atoms with van der Waals surface area (Å²) >= 11 is 0. The van der Waals surface area contributed by atoms with E-state index in [0.29, 0.717) is 6.61 Å². The van der Waals surface area contributed by atoms with Crippen molar-refractivity contribution in [1.29, 1.82) is 0 Å². The summed E-state index contributed by atoms with van der Waals surface area (Å²) in [7, 11) is 1.65. The summed E-state index contributed by atoms with van der Waals surface area (Å²) in [6, 6.07) is 5.76. The molecule has 1 unspecified atom stereocenters. The Balaban J connectivity index is 2.14. The average Bonchev–Trinajstić information content (AvgIpc) is 2.59.